The van der Waals surface area contributed by atoms with Crippen LogP contribution in [-0.2, 0) is 0 Å². The van der Waals surface area contributed by atoms with Crippen molar-refractivity contribution < 1.29 is 9.18 Å². The molecule has 4 heteroatoms. The number of alkyl halides is 1. The van der Waals surface area contributed by atoms with Crippen molar-refractivity contribution in [2.24, 2.45) is 5.73 Å². The van der Waals surface area contributed by atoms with Crippen molar-refractivity contribution in [3.05, 3.63) is 35.6 Å². The van der Waals surface area contributed by atoms with Gasteiger partial charge in [-0.1, -0.05) is 11.6 Å². The van der Waals surface area contributed by atoms with E-state index >= 15 is 0 Å². The quantitative estimate of drug-likeness (QED) is 0.434. The van der Waals surface area contributed by atoms with E-state index in [0.717, 1.165) is 0 Å². The summed E-state index contributed by atoms with van der Waals surface area (Å²) in [5, 5.41) is 0. The monoisotopic (exact) mass is 187 g/mol. The second kappa shape index (κ2) is 3.65. The Kier molecular flexibility index (Phi) is 2.78. The van der Waals surface area contributed by atoms with Gasteiger partial charge < -0.3 is 5.73 Å². The lowest BCUT2D eigenvalue weighted by atomic mass is 10.1. The van der Waals surface area contributed by atoms with E-state index in [1.165, 1.54) is 24.3 Å². The molecule has 1 unspecified atom stereocenters. The summed E-state index contributed by atoms with van der Waals surface area (Å²) in [5.74, 6) is -0.800. The molecule has 0 fully saturated rings. The van der Waals surface area contributed by atoms with Crippen LogP contribution in [0.5, 0.6) is 0 Å². The first kappa shape index (κ1) is 9.16. The number of benzene rings is 1. The molecule has 0 bridgehead atoms. The molecule has 1 aromatic carbocycles. The molecule has 0 radical (unpaired) electrons. The molecular formula is C8H7ClFNO. The fourth-order valence-electron chi connectivity index (χ4n) is 0.773. The van der Waals surface area contributed by atoms with E-state index in [1.807, 2.05) is 0 Å². The average Bonchev–Trinajstić information content (AvgIpc) is 2.04. The number of halogens is 2. The van der Waals surface area contributed by atoms with Gasteiger partial charge in [0.25, 0.3) is 0 Å². The summed E-state index contributed by atoms with van der Waals surface area (Å²) in [7, 11) is 0. The van der Waals surface area contributed by atoms with Gasteiger partial charge in [0.15, 0.2) is 5.78 Å². The summed E-state index contributed by atoms with van der Waals surface area (Å²) >= 11 is 5.34. The predicted octanol–water partition coefficient (Wildman–Crippen LogP) is 1.53. The van der Waals surface area contributed by atoms with Crippen LogP contribution < -0.4 is 5.73 Å². The van der Waals surface area contributed by atoms with Gasteiger partial charge in [-0.2, -0.15) is 0 Å². The van der Waals surface area contributed by atoms with Crippen LogP contribution in [0.15, 0.2) is 24.3 Å². The second-order valence-electron chi connectivity index (χ2n) is 2.27. The molecule has 0 saturated carbocycles. The zero-order chi connectivity index (χ0) is 9.14. The maximum atomic E-state index is 12.4. The Balaban J connectivity index is 2.90. The predicted molar refractivity (Wildman–Crippen MR) is 44.6 cm³/mol. The highest BCUT2D eigenvalue weighted by molar-refractivity contribution is 6.33. The van der Waals surface area contributed by atoms with Crippen LogP contribution in [0.2, 0.25) is 0 Å². The Labute approximate surface area is 74.1 Å². The van der Waals surface area contributed by atoms with Crippen molar-refractivity contribution >= 4 is 17.4 Å². The summed E-state index contributed by atoms with van der Waals surface area (Å²) in [6.07, 6.45) is 0. The number of rotatable bonds is 2. The van der Waals surface area contributed by atoms with Gasteiger partial charge in [0.05, 0.1) is 0 Å². The lowest BCUT2D eigenvalue weighted by Gasteiger charge is -2.01. The van der Waals surface area contributed by atoms with Crippen LogP contribution in [0.1, 0.15) is 10.4 Å². The third-order valence-electron chi connectivity index (χ3n) is 1.38. The Bertz CT molecular complexity index is 284. The van der Waals surface area contributed by atoms with Crippen molar-refractivity contribution in [2.75, 3.05) is 0 Å². The number of hydrogen-bond donors (Lipinski definition) is 1. The molecule has 2 nitrogen and oxygen atoms in total. The smallest absolute Gasteiger partial charge is 0.194 e. The fourth-order valence-corrected chi connectivity index (χ4v) is 0.899. The van der Waals surface area contributed by atoms with Gasteiger partial charge >= 0.3 is 0 Å². The van der Waals surface area contributed by atoms with Crippen molar-refractivity contribution in [2.45, 2.75) is 5.50 Å². The molecule has 64 valence electrons. The first-order valence-electron chi connectivity index (χ1n) is 3.30. The Morgan fingerprint density at radius 2 is 1.92 bits per heavy atom. The van der Waals surface area contributed by atoms with E-state index in [2.05, 4.69) is 0 Å². The number of hydrogen-bond acceptors (Lipinski definition) is 2. The minimum absolute atomic E-state index is 0.318. The number of carbonyl (C=O) groups excluding carboxylic acids is 1. The number of Topliss-reactive ketones (excluding diaryl/α,β-unsaturated/α-hetero) is 1. The van der Waals surface area contributed by atoms with Crippen molar-refractivity contribution in [1.82, 2.24) is 0 Å². The number of nitrogens with two attached hydrogens (primary N) is 1. The zero-order valence-electron chi connectivity index (χ0n) is 6.13. The summed E-state index contributed by atoms with van der Waals surface area (Å²) in [5.41, 5.74) is 4.39. The normalized spacial score (nSPS) is 12.6. The van der Waals surface area contributed by atoms with Crippen LogP contribution >= 0.6 is 11.6 Å². The first-order valence-corrected chi connectivity index (χ1v) is 3.74. The van der Waals surface area contributed by atoms with Gasteiger partial charge in [0, 0.05) is 5.56 Å². The molecule has 0 saturated heterocycles. The fraction of sp³-hybridized carbons (Fsp3) is 0.125. The van der Waals surface area contributed by atoms with Crippen LogP contribution in [-0.4, -0.2) is 11.3 Å². The third-order valence-corrected chi connectivity index (χ3v) is 1.58. The summed E-state index contributed by atoms with van der Waals surface area (Å²) < 4.78 is 12.4. The molecule has 1 atom stereocenters. The first-order chi connectivity index (χ1) is 5.61. The summed E-state index contributed by atoms with van der Waals surface area (Å²) in [6, 6.07) is 5.07. The zero-order valence-corrected chi connectivity index (χ0v) is 6.88. The minimum atomic E-state index is -1.06. The average molecular weight is 188 g/mol. The van der Waals surface area contributed by atoms with Gasteiger partial charge in [0.2, 0.25) is 0 Å². The highest BCUT2D eigenvalue weighted by Gasteiger charge is 2.11. The Morgan fingerprint density at radius 3 is 2.33 bits per heavy atom. The van der Waals surface area contributed by atoms with Gasteiger partial charge in [-0.3, -0.25) is 4.79 Å². The molecule has 0 amide bonds. The molecule has 0 aliphatic carbocycles. The van der Waals surface area contributed by atoms with E-state index in [1.54, 1.807) is 0 Å². The van der Waals surface area contributed by atoms with E-state index in [0.29, 0.717) is 5.56 Å². The van der Waals surface area contributed by atoms with Gasteiger partial charge in [-0.15, -0.1) is 0 Å². The molecule has 0 spiro atoms. The topological polar surface area (TPSA) is 43.1 Å². The lowest BCUT2D eigenvalue weighted by Crippen LogP contribution is -2.23. The molecule has 2 N–H and O–H groups in total. The van der Waals surface area contributed by atoms with E-state index in [-0.39, 0.29) is 0 Å². The van der Waals surface area contributed by atoms with Gasteiger partial charge in [-0.05, 0) is 24.3 Å². The summed E-state index contributed by atoms with van der Waals surface area (Å²) in [6.45, 7) is 0. The highest BCUT2D eigenvalue weighted by Crippen LogP contribution is 2.06. The second-order valence-corrected chi connectivity index (χ2v) is 2.74. The van der Waals surface area contributed by atoms with Crippen molar-refractivity contribution in [3.63, 3.8) is 0 Å². The largest absolute Gasteiger partial charge is 0.309 e. The molecule has 1 aromatic rings. The Morgan fingerprint density at radius 1 is 1.42 bits per heavy atom. The van der Waals surface area contributed by atoms with Crippen LogP contribution in [0.25, 0.3) is 0 Å². The molecular weight excluding hydrogens is 181 g/mol. The number of carbonyl (C=O) groups is 1. The van der Waals surface area contributed by atoms with Crippen molar-refractivity contribution in [3.8, 4) is 0 Å². The van der Waals surface area contributed by atoms with Crippen LogP contribution in [0.3, 0.4) is 0 Å². The molecule has 0 aliphatic heterocycles. The minimum Gasteiger partial charge on any atom is -0.309 e. The molecule has 0 aromatic heterocycles. The number of ketones is 1. The van der Waals surface area contributed by atoms with E-state index in [9.17, 15) is 9.18 Å². The molecule has 12 heavy (non-hydrogen) atoms. The third kappa shape index (κ3) is 2.03. The molecule has 0 heterocycles. The Hall–Kier alpha value is -0.930. The van der Waals surface area contributed by atoms with E-state index in [4.69, 9.17) is 17.3 Å². The molecule has 1 rings (SSSR count). The van der Waals surface area contributed by atoms with Crippen LogP contribution in [0.4, 0.5) is 4.39 Å². The lowest BCUT2D eigenvalue weighted by molar-refractivity contribution is 0.0988. The van der Waals surface area contributed by atoms with Gasteiger partial charge in [0.1, 0.15) is 11.3 Å². The highest BCUT2D eigenvalue weighted by atomic mass is 35.5. The standard InChI is InChI=1S/C8H7ClFNO/c9-8(11)7(12)5-1-3-6(10)4-2-5/h1-4,8H,11H2. The maximum absolute atomic E-state index is 12.4. The molecule has 0 aliphatic rings. The van der Waals surface area contributed by atoms with E-state index < -0.39 is 17.1 Å². The SMILES string of the molecule is NC(Cl)C(=O)c1ccc(F)cc1. The van der Waals surface area contributed by atoms with Crippen molar-refractivity contribution in [1.29, 1.82) is 0 Å². The maximum Gasteiger partial charge on any atom is 0.194 e. The van der Waals surface area contributed by atoms with Gasteiger partial charge in [-0.25, -0.2) is 4.39 Å². The summed E-state index contributed by atoms with van der Waals surface area (Å²) in [4.78, 5) is 11.1. The van der Waals surface area contributed by atoms with Crippen LogP contribution in [0, 0.1) is 5.82 Å².